The molecule has 0 unspecified atom stereocenters. The van der Waals surface area contributed by atoms with Gasteiger partial charge in [0.15, 0.2) is 0 Å². The van der Waals surface area contributed by atoms with Gasteiger partial charge in [0.05, 0.1) is 20.4 Å². The fourth-order valence-corrected chi connectivity index (χ4v) is 4.48. The molecule has 1 fully saturated rings. The minimum absolute atomic E-state index is 0.0326. The average Bonchev–Trinajstić information content (AvgIpc) is 2.68. The highest BCUT2D eigenvalue weighted by atomic mass is 35.5. The molecule has 10 heteroatoms. The molecular formula is C17H16ClN3O5S. The van der Waals surface area contributed by atoms with E-state index in [-0.39, 0.29) is 47.3 Å². The number of benzene rings is 2. The van der Waals surface area contributed by atoms with Crippen LogP contribution >= 0.6 is 11.6 Å². The average molecular weight is 410 g/mol. The molecule has 1 heterocycles. The maximum atomic E-state index is 12.7. The van der Waals surface area contributed by atoms with Crippen molar-refractivity contribution in [3.63, 3.8) is 0 Å². The number of hydrogen-bond donors (Lipinski definition) is 0. The summed E-state index contributed by atoms with van der Waals surface area (Å²) in [5.74, 6) is -0.458. The molecule has 8 nitrogen and oxygen atoms in total. The Balaban J connectivity index is 1.74. The van der Waals surface area contributed by atoms with Crippen molar-refractivity contribution >= 4 is 33.2 Å². The second kappa shape index (κ2) is 7.63. The third kappa shape index (κ3) is 3.95. The summed E-state index contributed by atoms with van der Waals surface area (Å²) in [7, 11) is -3.62. The van der Waals surface area contributed by atoms with Crippen LogP contribution in [0.2, 0.25) is 5.02 Å². The van der Waals surface area contributed by atoms with Gasteiger partial charge in [-0.1, -0.05) is 29.8 Å². The number of carbonyl (C=O) groups excluding carboxylic acids is 1. The first-order chi connectivity index (χ1) is 12.8. The van der Waals surface area contributed by atoms with Crippen molar-refractivity contribution in [2.24, 2.45) is 0 Å². The van der Waals surface area contributed by atoms with E-state index in [0.717, 1.165) is 6.07 Å². The molecule has 0 aromatic heterocycles. The van der Waals surface area contributed by atoms with E-state index in [9.17, 15) is 23.3 Å². The van der Waals surface area contributed by atoms with Crippen molar-refractivity contribution in [1.29, 1.82) is 0 Å². The molecule has 1 aliphatic heterocycles. The van der Waals surface area contributed by atoms with E-state index in [2.05, 4.69) is 0 Å². The topological polar surface area (TPSA) is 101 Å². The molecular weight excluding hydrogens is 394 g/mol. The predicted octanol–water partition coefficient (Wildman–Crippen LogP) is 2.39. The van der Waals surface area contributed by atoms with Crippen LogP contribution < -0.4 is 0 Å². The minimum Gasteiger partial charge on any atom is -0.336 e. The lowest BCUT2D eigenvalue weighted by atomic mass is 10.1. The standard InChI is InChI=1S/C17H16ClN3O5S/c18-16-7-6-13(21(23)24)12-15(16)17(22)19-8-10-20(11-9-19)27(25,26)14-4-2-1-3-5-14/h1-7,12H,8-11H2. The Bertz CT molecular complexity index is 973. The Morgan fingerprint density at radius 3 is 2.26 bits per heavy atom. The van der Waals surface area contributed by atoms with Gasteiger partial charge in [0.1, 0.15) is 0 Å². The van der Waals surface area contributed by atoms with E-state index in [1.54, 1.807) is 18.2 Å². The summed E-state index contributed by atoms with van der Waals surface area (Å²) in [6.45, 7) is 0.610. The van der Waals surface area contributed by atoms with Crippen LogP contribution in [0.5, 0.6) is 0 Å². The molecule has 0 N–H and O–H groups in total. The molecule has 0 aliphatic carbocycles. The lowest BCUT2D eigenvalue weighted by molar-refractivity contribution is -0.384. The summed E-state index contributed by atoms with van der Waals surface area (Å²) >= 11 is 6.02. The zero-order chi connectivity index (χ0) is 19.6. The largest absolute Gasteiger partial charge is 0.336 e. The van der Waals surface area contributed by atoms with Gasteiger partial charge in [-0.3, -0.25) is 14.9 Å². The van der Waals surface area contributed by atoms with Gasteiger partial charge in [0, 0.05) is 38.3 Å². The molecule has 142 valence electrons. The summed E-state index contributed by atoms with van der Waals surface area (Å²) in [5.41, 5.74) is -0.196. The SMILES string of the molecule is O=C(c1cc([N+](=O)[O-])ccc1Cl)N1CCN(S(=O)(=O)c2ccccc2)CC1. The predicted molar refractivity (Wildman–Crippen MR) is 99.2 cm³/mol. The molecule has 1 saturated heterocycles. The van der Waals surface area contributed by atoms with E-state index >= 15 is 0 Å². The van der Waals surface area contributed by atoms with Crippen molar-refractivity contribution < 1.29 is 18.1 Å². The first-order valence-electron chi connectivity index (χ1n) is 8.09. The van der Waals surface area contributed by atoms with E-state index in [1.807, 2.05) is 0 Å². The number of nitro benzene ring substituents is 1. The van der Waals surface area contributed by atoms with Crippen LogP contribution in [0.1, 0.15) is 10.4 Å². The zero-order valence-electron chi connectivity index (χ0n) is 14.1. The second-order valence-electron chi connectivity index (χ2n) is 5.93. The van der Waals surface area contributed by atoms with Crippen LogP contribution in [0.4, 0.5) is 5.69 Å². The van der Waals surface area contributed by atoms with Gasteiger partial charge in [-0.25, -0.2) is 8.42 Å². The maximum Gasteiger partial charge on any atom is 0.270 e. The van der Waals surface area contributed by atoms with Gasteiger partial charge in [0.2, 0.25) is 10.0 Å². The third-order valence-corrected chi connectivity index (χ3v) is 6.54. The highest BCUT2D eigenvalue weighted by Gasteiger charge is 2.31. The lowest BCUT2D eigenvalue weighted by Gasteiger charge is -2.34. The van der Waals surface area contributed by atoms with Gasteiger partial charge < -0.3 is 4.90 Å². The van der Waals surface area contributed by atoms with Crippen molar-refractivity contribution in [1.82, 2.24) is 9.21 Å². The summed E-state index contributed by atoms with van der Waals surface area (Å²) in [4.78, 5) is 24.6. The van der Waals surface area contributed by atoms with Gasteiger partial charge in [-0.15, -0.1) is 0 Å². The first kappa shape index (κ1) is 19.3. The van der Waals surface area contributed by atoms with Crippen LogP contribution in [0, 0.1) is 10.1 Å². The lowest BCUT2D eigenvalue weighted by Crippen LogP contribution is -2.50. The number of sulfonamides is 1. The Morgan fingerprint density at radius 2 is 1.67 bits per heavy atom. The Kier molecular flexibility index (Phi) is 5.45. The highest BCUT2D eigenvalue weighted by molar-refractivity contribution is 7.89. The quantitative estimate of drug-likeness (QED) is 0.570. The van der Waals surface area contributed by atoms with Gasteiger partial charge in [-0.2, -0.15) is 4.31 Å². The van der Waals surface area contributed by atoms with Crippen LogP contribution in [-0.2, 0) is 10.0 Å². The molecule has 0 atom stereocenters. The molecule has 0 radical (unpaired) electrons. The van der Waals surface area contributed by atoms with Crippen molar-refractivity contribution in [3.8, 4) is 0 Å². The zero-order valence-corrected chi connectivity index (χ0v) is 15.7. The maximum absolute atomic E-state index is 12.7. The van der Waals surface area contributed by atoms with E-state index < -0.39 is 20.9 Å². The van der Waals surface area contributed by atoms with Gasteiger partial charge in [-0.05, 0) is 18.2 Å². The van der Waals surface area contributed by atoms with Crippen molar-refractivity contribution in [2.45, 2.75) is 4.90 Å². The smallest absolute Gasteiger partial charge is 0.270 e. The van der Waals surface area contributed by atoms with Crippen molar-refractivity contribution in [3.05, 3.63) is 69.2 Å². The van der Waals surface area contributed by atoms with E-state index in [1.165, 1.54) is 33.5 Å². The molecule has 2 aromatic carbocycles. The Labute approximate surface area is 161 Å². The summed E-state index contributed by atoms with van der Waals surface area (Å²) in [5, 5.41) is 11.0. The number of nitrogens with zero attached hydrogens (tertiary/aromatic N) is 3. The number of carbonyl (C=O) groups is 1. The fraction of sp³-hybridized carbons (Fsp3) is 0.235. The number of halogens is 1. The molecule has 0 saturated carbocycles. The van der Waals surface area contributed by atoms with Crippen LogP contribution in [0.15, 0.2) is 53.4 Å². The summed E-state index contributed by atoms with van der Waals surface area (Å²) < 4.78 is 26.6. The minimum atomic E-state index is -3.62. The number of non-ortho nitro benzene ring substituents is 1. The summed E-state index contributed by atoms with van der Waals surface area (Å²) in [6.07, 6.45) is 0. The molecule has 0 bridgehead atoms. The Morgan fingerprint density at radius 1 is 1.04 bits per heavy atom. The number of rotatable bonds is 4. The number of amides is 1. The van der Waals surface area contributed by atoms with E-state index in [0.29, 0.717) is 0 Å². The molecule has 27 heavy (non-hydrogen) atoms. The van der Waals surface area contributed by atoms with Gasteiger partial charge >= 0.3 is 0 Å². The molecule has 3 rings (SSSR count). The highest BCUT2D eigenvalue weighted by Crippen LogP contribution is 2.24. The monoisotopic (exact) mass is 409 g/mol. The molecule has 1 aliphatic rings. The third-order valence-electron chi connectivity index (χ3n) is 4.30. The summed E-state index contributed by atoms with van der Waals surface area (Å²) in [6, 6.07) is 11.8. The fourth-order valence-electron chi connectivity index (χ4n) is 2.83. The van der Waals surface area contributed by atoms with Crippen LogP contribution in [-0.4, -0.2) is 54.6 Å². The molecule has 0 spiro atoms. The number of hydrogen-bond acceptors (Lipinski definition) is 5. The molecule has 2 aromatic rings. The normalized spacial score (nSPS) is 15.5. The second-order valence-corrected chi connectivity index (χ2v) is 8.28. The van der Waals surface area contributed by atoms with Crippen LogP contribution in [0.25, 0.3) is 0 Å². The number of piperazine rings is 1. The van der Waals surface area contributed by atoms with E-state index in [4.69, 9.17) is 11.6 Å². The van der Waals surface area contributed by atoms with Crippen molar-refractivity contribution in [2.75, 3.05) is 26.2 Å². The van der Waals surface area contributed by atoms with Crippen LogP contribution in [0.3, 0.4) is 0 Å². The van der Waals surface area contributed by atoms with Gasteiger partial charge in [0.25, 0.3) is 11.6 Å². The number of nitro groups is 1. The Hall–Kier alpha value is -2.49. The molecule has 1 amide bonds. The first-order valence-corrected chi connectivity index (χ1v) is 9.91.